The third-order valence-electron chi connectivity index (χ3n) is 2.54. The van der Waals surface area contributed by atoms with E-state index in [1.807, 2.05) is 32.9 Å². The van der Waals surface area contributed by atoms with Crippen molar-refractivity contribution in [2.45, 2.75) is 20.8 Å². The highest BCUT2D eigenvalue weighted by Gasteiger charge is 2.14. The van der Waals surface area contributed by atoms with E-state index >= 15 is 0 Å². The molecule has 0 saturated carbocycles. The maximum Gasteiger partial charge on any atom is 0.171 e. The van der Waals surface area contributed by atoms with Gasteiger partial charge in [0.1, 0.15) is 5.75 Å². The van der Waals surface area contributed by atoms with Gasteiger partial charge in [0, 0.05) is 6.07 Å². The van der Waals surface area contributed by atoms with Crippen molar-refractivity contribution in [3.8, 4) is 17.1 Å². The summed E-state index contributed by atoms with van der Waals surface area (Å²) in [5, 5.41) is 3.90. The van der Waals surface area contributed by atoms with Crippen LogP contribution in [-0.4, -0.2) is 12.3 Å². The molecule has 0 atom stereocenters. The molecular weight excluding hydrogens is 202 g/mol. The molecule has 0 amide bonds. The predicted octanol–water partition coefficient (Wildman–Crippen LogP) is 3.28. The van der Waals surface area contributed by atoms with Crippen molar-refractivity contribution in [2.24, 2.45) is 0 Å². The molecule has 1 aromatic heterocycles. The number of rotatable bonds is 2. The first-order valence-corrected chi connectivity index (χ1v) is 5.20. The van der Waals surface area contributed by atoms with Crippen LogP contribution in [-0.2, 0) is 0 Å². The van der Waals surface area contributed by atoms with Crippen LogP contribution in [0.1, 0.15) is 16.8 Å². The molecule has 0 bridgehead atoms. The average Bonchev–Trinajstić information content (AvgIpc) is 2.63. The summed E-state index contributed by atoms with van der Waals surface area (Å²) in [5.41, 5.74) is 4.16. The van der Waals surface area contributed by atoms with Crippen LogP contribution in [0.5, 0.6) is 5.75 Å². The van der Waals surface area contributed by atoms with Gasteiger partial charge >= 0.3 is 0 Å². The van der Waals surface area contributed by atoms with Crippen molar-refractivity contribution in [1.82, 2.24) is 5.16 Å². The molecule has 3 heteroatoms. The largest absolute Gasteiger partial charge is 0.496 e. The van der Waals surface area contributed by atoms with Gasteiger partial charge in [-0.05, 0) is 38.0 Å². The predicted molar refractivity (Wildman–Crippen MR) is 62.7 cm³/mol. The van der Waals surface area contributed by atoms with E-state index in [0.29, 0.717) is 0 Å². The van der Waals surface area contributed by atoms with Gasteiger partial charge in [-0.15, -0.1) is 0 Å². The highest BCUT2D eigenvalue weighted by Crippen LogP contribution is 2.34. The lowest BCUT2D eigenvalue weighted by molar-refractivity contribution is 0.404. The third-order valence-corrected chi connectivity index (χ3v) is 2.54. The highest BCUT2D eigenvalue weighted by molar-refractivity contribution is 5.70. The molecule has 0 spiro atoms. The van der Waals surface area contributed by atoms with E-state index in [-0.39, 0.29) is 0 Å². The van der Waals surface area contributed by atoms with Gasteiger partial charge in [-0.25, -0.2) is 0 Å². The average molecular weight is 217 g/mol. The zero-order chi connectivity index (χ0) is 11.7. The van der Waals surface area contributed by atoms with Crippen molar-refractivity contribution in [3.05, 3.63) is 35.0 Å². The summed E-state index contributed by atoms with van der Waals surface area (Å²) >= 11 is 0. The van der Waals surface area contributed by atoms with Crippen molar-refractivity contribution < 1.29 is 9.26 Å². The summed E-state index contributed by atoms with van der Waals surface area (Å²) < 4.78 is 10.7. The number of nitrogens with zero attached hydrogens (tertiary/aromatic N) is 1. The number of hydrogen-bond acceptors (Lipinski definition) is 3. The summed E-state index contributed by atoms with van der Waals surface area (Å²) in [6.45, 7) is 6.00. The first-order chi connectivity index (χ1) is 7.61. The van der Waals surface area contributed by atoms with E-state index < -0.39 is 0 Å². The molecule has 2 rings (SSSR count). The molecule has 1 aromatic carbocycles. The van der Waals surface area contributed by atoms with Crippen LogP contribution in [0.2, 0.25) is 0 Å². The van der Waals surface area contributed by atoms with Gasteiger partial charge in [0.2, 0.25) is 0 Å². The summed E-state index contributed by atoms with van der Waals surface area (Å²) in [6, 6.07) is 6.02. The molecule has 1 heterocycles. The van der Waals surface area contributed by atoms with Crippen molar-refractivity contribution >= 4 is 0 Å². The fraction of sp³-hybridized carbons (Fsp3) is 0.308. The van der Waals surface area contributed by atoms with Crippen LogP contribution >= 0.6 is 0 Å². The fourth-order valence-electron chi connectivity index (χ4n) is 1.89. The van der Waals surface area contributed by atoms with Crippen LogP contribution in [0.15, 0.2) is 22.7 Å². The van der Waals surface area contributed by atoms with Crippen LogP contribution in [0, 0.1) is 20.8 Å². The Kier molecular flexibility index (Phi) is 2.69. The molecule has 0 aliphatic heterocycles. The molecule has 16 heavy (non-hydrogen) atoms. The number of aromatic nitrogens is 1. The number of hydrogen-bond donors (Lipinski definition) is 0. The van der Waals surface area contributed by atoms with E-state index in [9.17, 15) is 0 Å². The number of ether oxygens (including phenoxy) is 1. The summed E-state index contributed by atoms with van der Waals surface area (Å²) in [7, 11) is 1.67. The lowest BCUT2D eigenvalue weighted by Crippen LogP contribution is -1.91. The standard InChI is InChI=1S/C13H15NO2/c1-8-5-9(2)13(11(6-8)15-4)12-7-10(3)14-16-12/h5-7H,1-4H3. The summed E-state index contributed by atoms with van der Waals surface area (Å²) in [6.07, 6.45) is 0. The minimum absolute atomic E-state index is 0.756. The molecule has 0 aliphatic carbocycles. The van der Waals surface area contributed by atoms with Crippen molar-refractivity contribution in [1.29, 1.82) is 0 Å². The molecule has 0 unspecified atom stereocenters. The zero-order valence-corrected chi connectivity index (χ0v) is 10.00. The normalized spacial score (nSPS) is 10.5. The number of methoxy groups -OCH3 is 1. The smallest absolute Gasteiger partial charge is 0.171 e. The fourth-order valence-corrected chi connectivity index (χ4v) is 1.89. The summed E-state index contributed by atoms with van der Waals surface area (Å²) in [4.78, 5) is 0. The molecule has 0 N–H and O–H groups in total. The molecule has 84 valence electrons. The molecule has 0 fully saturated rings. The lowest BCUT2D eigenvalue weighted by Gasteiger charge is -2.10. The number of aryl methyl sites for hydroxylation is 3. The minimum atomic E-state index is 0.756. The van der Waals surface area contributed by atoms with Gasteiger partial charge in [-0.2, -0.15) is 0 Å². The topological polar surface area (TPSA) is 35.3 Å². The van der Waals surface area contributed by atoms with Crippen molar-refractivity contribution in [3.63, 3.8) is 0 Å². The monoisotopic (exact) mass is 217 g/mol. The van der Waals surface area contributed by atoms with E-state index in [0.717, 1.165) is 28.3 Å². The van der Waals surface area contributed by atoms with Crippen molar-refractivity contribution in [2.75, 3.05) is 7.11 Å². The Balaban J connectivity index is 2.63. The van der Waals surface area contributed by atoms with Crippen LogP contribution in [0.3, 0.4) is 0 Å². The van der Waals surface area contributed by atoms with Gasteiger partial charge in [0.15, 0.2) is 5.76 Å². The maximum atomic E-state index is 5.38. The Morgan fingerprint density at radius 3 is 2.44 bits per heavy atom. The van der Waals surface area contributed by atoms with Crippen LogP contribution in [0.4, 0.5) is 0 Å². The first kappa shape index (κ1) is 10.7. The Labute approximate surface area is 95.0 Å². The van der Waals surface area contributed by atoms with Gasteiger partial charge in [0.05, 0.1) is 18.4 Å². The lowest BCUT2D eigenvalue weighted by atomic mass is 10.0. The van der Waals surface area contributed by atoms with Gasteiger partial charge in [-0.3, -0.25) is 0 Å². The zero-order valence-electron chi connectivity index (χ0n) is 10.00. The Bertz CT molecular complexity index is 515. The van der Waals surface area contributed by atoms with E-state index in [1.165, 1.54) is 5.56 Å². The maximum absolute atomic E-state index is 5.38. The number of benzene rings is 1. The second kappa shape index (κ2) is 4.00. The summed E-state index contributed by atoms with van der Waals surface area (Å²) in [5.74, 6) is 1.58. The minimum Gasteiger partial charge on any atom is -0.496 e. The van der Waals surface area contributed by atoms with E-state index in [2.05, 4.69) is 11.2 Å². The van der Waals surface area contributed by atoms with Gasteiger partial charge < -0.3 is 9.26 Å². The molecule has 0 saturated heterocycles. The Morgan fingerprint density at radius 1 is 1.12 bits per heavy atom. The Morgan fingerprint density at radius 2 is 1.88 bits per heavy atom. The molecule has 3 nitrogen and oxygen atoms in total. The second-order valence-corrected chi connectivity index (χ2v) is 3.99. The van der Waals surface area contributed by atoms with Gasteiger partial charge in [-0.1, -0.05) is 11.2 Å². The highest BCUT2D eigenvalue weighted by atomic mass is 16.5. The molecule has 2 aromatic rings. The second-order valence-electron chi connectivity index (χ2n) is 3.99. The Hall–Kier alpha value is -1.77. The SMILES string of the molecule is COc1cc(C)cc(C)c1-c1cc(C)no1. The van der Waals surface area contributed by atoms with Crippen LogP contribution in [0.25, 0.3) is 11.3 Å². The van der Waals surface area contributed by atoms with Crippen LogP contribution < -0.4 is 4.74 Å². The third kappa shape index (κ3) is 1.81. The molecule has 0 aliphatic rings. The first-order valence-electron chi connectivity index (χ1n) is 5.20. The van der Waals surface area contributed by atoms with E-state index in [4.69, 9.17) is 9.26 Å². The quantitative estimate of drug-likeness (QED) is 0.774. The van der Waals surface area contributed by atoms with E-state index in [1.54, 1.807) is 7.11 Å². The van der Waals surface area contributed by atoms with Gasteiger partial charge in [0.25, 0.3) is 0 Å². The molecular formula is C13H15NO2. The molecule has 0 radical (unpaired) electrons.